The maximum atomic E-state index is 3.76. The van der Waals surface area contributed by atoms with Crippen molar-refractivity contribution in [2.45, 2.75) is 71.3 Å². The lowest BCUT2D eigenvalue weighted by molar-refractivity contribution is 0.163. The van der Waals surface area contributed by atoms with E-state index in [1.54, 1.807) is 0 Å². The lowest BCUT2D eigenvalue weighted by Crippen LogP contribution is -2.38. The van der Waals surface area contributed by atoms with Crippen LogP contribution in [-0.2, 0) is 0 Å². The summed E-state index contributed by atoms with van der Waals surface area (Å²) in [7, 11) is 0. The summed E-state index contributed by atoms with van der Waals surface area (Å²) in [6.07, 6.45) is 11.5. The zero-order chi connectivity index (χ0) is 10.7. The molecule has 15 heavy (non-hydrogen) atoms. The van der Waals surface area contributed by atoms with Crippen LogP contribution >= 0.6 is 0 Å². The minimum atomic E-state index is 0.591. The highest BCUT2D eigenvalue weighted by Gasteiger charge is 2.36. The Kier molecular flexibility index (Phi) is 3.71. The summed E-state index contributed by atoms with van der Waals surface area (Å²) < 4.78 is 0. The molecule has 0 aliphatic heterocycles. The fourth-order valence-electron chi connectivity index (χ4n) is 3.30. The first kappa shape index (κ1) is 11.4. The summed E-state index contributed by atoms with van der Waals surface area (Å²) in [5.41, 5.74) is 0.591. The largest absolute Gasteiger partial charge is 0.313 e. The molecule has 2 saturated carbocycles. The summed E-state index contributed by atoms with van der Waals surface area (Å²) in [6, 6.07) is 0.877. The molecule has 0 bridgehead atoms. The van der Waals surface area contributed by atoms with Crippen molar-refractivity contribution >= 4 is 0 Å². The van der Waals surface area contributed by atoms with E-state index in [-0.39, 0.29) is 0 Å². The van der Waals surface area contributed by atoms with Crippen LogP contribution in [0.2, 0.25) is 0 Å². The van der Waals surface area contributed by atoms with Gasteiger partial charge in [0.05, 0.1) is 0 Å². The van der Waals surface area contributed by atoms with Crippen molar-refractivity contribution in [3.63, 3.8) is 0 Å². The normalized spacial score (nSPS) is 26.8. The standard InChI is InChI=1S/C14H27N/c1-3-10-14(2,11-15-13-8-9-13)12-6-4-5-7-12/h12-13,15H,3-11H2,1-2H3. The molecule has 0 aromatic carbocycles. The van der Waals surface area contributed by atoms with Crippen LogP contribution in [0.5, 0.6) is 0 Å². The van der Waals surface area contributed by atoms with Gasteiger partial charge in [-0.05, 0) is 43.4 Å². The van der Waals surface area contributed by atoms with Gasteiger partial charge in [-0.2, -0.15) is 0 Å². The zero-order valence-electron chi connectivity index (χ0n) is 10.5. The molecule has 0 aromatic rings. The molecule has 1 atom stereocenters. The Morgan fingerprint density at radius 1 is 1.13 bits per heavy atom. The van der Waals surface area contributed by atoms with E-state index in [1.807, 2.05) is 0 Å². The van der Waals surface area contributed by atoms with Gasteiger partial charge in [0.2, 0.25) is 0 Å². The topological polar surface area (TPSA) is 12.0 Å². The highest BCUT2D eigenvalue weighted by molar-refractivity contribution is 4.90. The Hall–Kier alpha value is -0.0400. The molecular formula is C14H27N. The predicted octanol–water partition coefficient (Wildman–Crippen LogP) is 3.74. The summed E-state index contributed by atoms with van der Waals surface area (Å²) >= 11 is 0. The van der Waals surface area contributed by atoms with Gasteiger partial charge in [-0.15, -0.1) is 0 Å². The molecule has 0 radical (unpaired) electrons. The highest BCUT2D eigenvalue weighted by atomic mass is 15.0. The number of hydrogen-bond donors (Lipinski definition) is 1. The summed E-state index contributed by atoms with van der Waals surface area (Å²) in [5, 5.41) is 3.76. The fraction of sp³-hybridized carbons (Fsp3) is 1.00. The smallest absolute Gasteiger partial charge is 0.00684 e. The molecule has 1 unspecified atom stereocenters. The number of nitrogens with one attached hydrogen (secondary N) is 1. The molecule has 2 rings (SSSR count). The summed E-state index contributed by atoms with van der Waals surface area (Å²) in [4.78, 5) is 0. The highest BCUT2D eigenvalue weighted by Crippen LogP contribution is 2.42. The van der Waals surface area contributed by atoms with Crippen molar-refractivity contribution in [3.05, 3.63) is 0 Å². The molecular weight excluding hydrogens is 182 g/mol. The van der Waals surface area contributed by atoms with Crippen LogP contribution in [0.15, 0.2) is 0 Å². The van der Waals surface area contributed by atoms with E-state index in [9.17, 15) is 0 Å². The third-order valence-corrected chi connectivity index (χ3v) is 4.53. The van der Waals surface area contributed by atoms with Crippen LogP contribution in [0, 0.1) is 11.3 Å². The Labute approximate surface area is 95.0 Å². The van der Waals surface area contributed by atoms with Crippen LogP contribution in [-0.4, -0.2) is 12.6 Å². The lowest BCUT2D eigenvalue weighted by Gasteiger charge is -2.36. The Bertz CT molecular complexity index is 192. The minimum Gasteiger partial charge on any atom is -0.313 e. The second-order valence-electron chi connectivity index (χ2n) is 6.04. The molecule has 0 aromatic heterocycles. The number of hydrogen-bond acceptors (Lipinski definition) is 1. The van der Waals surface area contributed by atoms with Crippen molar-refractivity contribution < 1.29 is 0 Å². The van der Waals surface area contributed by atoms with Crippen molar-refractivity contribution in [3.8, 4) is 0 Å². The molecule has 0 spiro atoms. The van der Waals surface area contributed by atoms with Crippen molar-refractivity contribution in [2.24, 2.45) is 11.3 Å². The first-order valence-electron chi connectivity index (χ1n) is 6.98. The van der Waals surface area contributed by atoms with E-state index in [2.05, 4.69) is 19.2 Å². The molecule has 1 heteroatoms. The second kappa shape index (κ2) is 4.86. The van der Waals surface area contributed by atoms with Gasteiger partial charge in [-0.25, -0.2) is 0 Å². The maximum Gasteiger partial charge on any atom is 0.00684 e. The van der Waals surface area contributed by atoms with Crippen LogP contribution in [0.1, 0.15) is 65.2 Å². The van der Waals surface area contributed by atoms with Gasteiger partial charge in [0, 0.05) is 12.6 Å². The van der Waals surface area contributed by atoms with Crippen LogP contribution in [0.25, 0.3) is 0 Å². The van der Waals surface area contributed by atoms with E-state index in [4.69, 9.17) is 0 Å². The quantitative estimate of drug-likeness (QED) is 0.703. The van der Waals surface area contributed by atoms with E-state index in [0.29, 0.717) is 5.41 Å². The Balaban J connectivity index is 1.87. The molecule has 2 aliphatic rings. The molecule has 1 nitrogen and oxygen atoms in total. The average Bonchev–Trinajstić information content (AvgIpc) is 2.88. The minimum absolute atomic E-state index is 0.591. The molecule has 0 saturated heterocycles. The fourth-order valence-corrected chi connectivity index (χ4v) is 3.30. The van der Waals surface area contributed by atoms with Crippen LogP contribution in [0.3, 0.4) is 0 Å². The second-order valence-corrected chi connectivity index (χ2v) is 6.04. The van der Waals surface area contributed by atoms with Crippen LogP contribution in [0.4, 0.5) is 0 Å². The average molecular weight is 209 g/mol. The first-order chi connectivity index (χ1) is 7.24. The van der Waals surface area contributed by atoms with E-state index >= 15 is 0 Å². The Morgan fingerprint density at radius 2 is 1.80 bits per heavy atom. The van der Waals surface area contributed by atoms with Gasteiger partial charge in [-0.1, -0.05) is 33.1 Å². The first-order valence-corrected chi connectivity index (χ1v) is 6.98. The predicted molar refractivity (Wildman–Crippen MR) is 66.0 cm³/mol. The Morgan fingerprint density at radius 3 is 2.33 bits per heavy atom. The van der Waals surface area contributed by atoms with Gasteiger partial charge in [-0.3, -0.25) is 0 Å². The monoisotopic (exact) mass is 209 g/mol. The molecule has 1 N–H and O–H groups in total. The molecule has 88 valence electrons. The van der Waals surface area contributed by atoms with Gasteiger partial charge < -0.3 is 5.32 Å². The number of rotatable bonds is 6. The van der Waals surface area contributed by atoms with Gasteiger partial charge in [0.15, 0.2) is 0 Å². The third-order valence-electron chi connectivity index (χ3n) is 4.53. The SMILES string of the molecule is CCCC(C)(CNC1CC1)C1CCCC1. The van der Waals surface area contributed by atoms with Crippen molar-refractivity contribution in [1.29, 1.82) is 0 Å². The van der Waals surface area contributed by atoms with Gasteiger partial charge in [0.25, 0.3) is 0 Å². The molecule has 0 heterocycles. The maximum absolute atomic E-state index is 3.76. The lowest BCUT2D eigenvalue weighted by atomic mass is 9.72. The molecule has 2 aliphatic carbocycles. The molecule has 2 fully saturated rings. The van der Waals surface area contributed by atoms with E-state index in [0.717, 1.165) is 12.0 Å². The van der Waals surface area contributed by atoms with Crippen molar-refractivity contribution in [1.82, 2.24) is 5.32 Å². The summed E-state index contributed by atoms with van der Waals surface area (Å²) in [6.45, 7) is 6.14. The summed E-state index contributed by atoms with van der Waals surface area (Å²) in [5.74, 6) is 1.00. The van der Waals surface area contributed by atoms with E-state index < -0.39 is 0 Å². The van der Waals surface area contributed by atoms with E-state index in [1.165, 1.54) is 57.9 Å². The molecule has 0 amide bonds. The zero-order valence-corrected chi connectivity index (χ0v) is 10.5. The third kappa shape index (κ3) is 2.96. The van der Waals surface area contributed by atoms with Crippen molar-refractivity contribution in [2.75, 3.05) is 6.54 Å². The van der Waals surface area contributed by atoms with Crippen LogP contribution < -0.4 is 5.32 Å². The van der Waals surface area contributed by atoms with Gasteiger partial charge in [0.1, 0.15) is 0 Å². The van der Waals surface area contributed by atoms with Gasteiger partial charge >= 0.3 is 0 Å².